The summed E-state index contributed by atoms with van der Waals surface area (Å²) in [4.78, 5) is 44.6. The number of aromatic amines is 1. The SMILES string of the molecule is CNc1cc(F)cc2cc(C(=O)Nc3ccc(C(=O)N(C)CCN4CCOCC4)cc3)c(=O)[nH]c12. The third-order valence-corrected chi connectivity index (χ3v) is 6.02. The Kier molecular flexibility index (Phi) is 7.42. The van der Waals surface area contributed by atoms with Gasteiger partial charge in [0.15, 0.2) is 0 Å². The highest BCUT2D eigenvalue weighted by atomic mass is 19.1. The molecular formula is C25H28FN5O4. The molecule has 2 heterocycles. The number of amides is 2. The highest BCUT2D eigenvalue weighted by Crippen LogP contribution is 2.23. The van der Waals surface area contributed by atoms with E-state index in [1.54, 1.807) is 43.3 Å². The van der Waals surface area contributed by atoms with Crippen molar-refractivity contribution < 1.29 is 18.7 Å². The lowest BCUT2D eigenvalue weighted by molar-refractivity contribution is 0.0338. The molecule has 1 saturated heterocycles. The minimum atomic E-state index is -0.634. The number of hydrogen-bond donors (Lipinski definition) is 3. The monoisotopic (exact) mass is 481 g/mol. The van der Waals surface area contributed by atoms with Gasteiger partial charge in [-0.25, -0.2) is 4.39 Å². The Balaban J connectivity index is 1.42. The first kappa shape index (κ1) is 24.4. The van der Waals surface area contributed by atoms with Gasteiger partial charge in [0.1, 0.15) is 11.4 Å². The smallest absolute Gasteiger partial charge is 0.261 e. The molecule has 0 unspecified atom stereocenters. The highest BCUT2D eigenvalue weighted by Gasteiger charge is 2.17. The number of carbonyl (C=O) groups excluding carboxylic acids is 2. The molecule has 0 atom stereocenters. The molecule has 35 heavy (non-hydrogen) atoms. The fourth-order valence-electron chi connectivity index (χ4n) is 3.98. The Morgan fingerprint density at radius 3 is 2.54 bits per heavy atom. The molecule has 2 amide bonds. The maximum absolute atomic E-state index is 13.9. The van der Waals surface area contributed by atoms with E-state index in [1.165, 1.54) is 18.2 Å². The molecule has 1 aliphatic rings. The van der Waals surface area contributed by atoms with Gasteiger partial charge in [-0.05, 0) is 42.5 Å². The van der Waals surface area contributed by atoms with Gasteiger partial charge in [0, 0.05) is 56.9 Å². The van der Waals surface area contributed by atoms with Crippen molar-refractivity contribution in [3.05, 3.63) is 69.8 Å². The van der Waals surface area contributed by atoms with Crippen molar-refractivity contribution in [1.82, 2.24) is 14.8 Å². The molecule has 10 heteroatoms. The predicted octanol–water partition coefficient (Wildman–Crippen LogP) is 2.37. The lowest BCUT2D eigenvalue weighted by Crippen LogP contribution is -2.41. The first-order chi connectivity index (χ1) is 16.9. The Bertz CT molecular complexity index is 1290. The zero-order chi connectivity index (χ0) is 24.9. The molecule has 0 aliphatic carbocycles. The molecule has 1 aromatic heterocycles. The number of benzene rings is 2. The van der Waals surface area contributed by atoms with Gasteiger partial charge in [-0.1, -0.05) is 0 Å². The minimum Gasteiger partial charge on any atom is -0.386 e. The number of anilines is 2. The van der Waals surface area contributed by atoms with Crippen molar-refractivity contribution in [2.45, 2.75) is 0 Å². The number of aromatic nitrogens is 1. The van der Waals surface area contributed by atoms with Crippen LogP contribution in [0.4, 0.5) is 15.8 Å². The van der Waals surface area contributed by atoms with Gasteiger partial charge < -0.3 is 25.3 Å². The maximum atomic E-state index is 13.9. The van der Waals surface area contributed by atoms with E-state index in [9.17, 15) is 18.8 Å². The number of likely N-dealkylation sites (N-methyl/N-ethyl adjacent to an activating group) is 1. The van der Waals surface area contributed by atoms with Crippen LogP contribution in [0.5, 0.6) is 0 Å². The zero-order valence-electron chi connectivity index (χ0n) is 19.7. The summed E-state index contributed by atoms with van der Waals surface area (Å²) < 4.78 is 19.2. The summed E-state index contributed by atoms with van der Waals surface area (Å²) in [6.07, 6.45) is 0. The van der Waals surface area contributed by atoms with E-state index in [1.807, 2.05) is 0 Å². The van der Waals surface area contributed by atoms with Crippen LogP contribution in [0.15, 0.2) is 47.3 Å². The van der Waals surface area contributed by atoms with Crippen LogP contribution < -0.4 is 16.2 Å². The van der Waals surface area contributed by atoms with Crippen LogP contribution in [0.3, 0.4) is 0 Å². The van der Waals surface area contributed by atoms with Gasteiger partial charge in [-0.2, -0.15) is 0 Å². The van der Waals surface area contributed by atoms with Crippen molar-refractivity contribution in [3.8, 4) is 0 Å². The van der Waals surface area contributed by atoms with Crippen molar-refractivity contribution >= 4 is 34.1 Å². The second-order valence-electron chi connectivity index (χ2n) is 8.39. The topological polar surface area (TPSA) is 107 Å². The summed E-state index contributed by atoms with van der Waals surface area (Å²) in [6.45, 7) is 4.52. The number of ether oxygens (including phenoxy) is 1. The summed E-state index contributed by atoms with van der Waals surface area (Å²) in [5.41, 5.74) is 1.01. The lowest BCUT2D eigenvalue weighted by atomic mass is 10.1. The number of hydrogen-bond acceptors (Lipinski definition) is 6. The van der Waals surface area contributed by atoms with E-state index in [2.05, 4.69) is 20.5 Å². The number of carbonyl (C=O) groups is 2. The summed E-state index contributed by atoms with van der Waals surface area (Å²) in [5.74, 6) is -1.25. The maximum Gasteiger partial charge on any atom is 0.261 e. The van der Waals surface area contributed by atoms with Crippen LogP contribution in [0, 0.1) is 5.82 Å². The molecule has 184 valence electrons. The molecular weight excluding hydrogens is 453 g/mol. The van der Waals surface area contributed by atoms with Crippen molar-refractivity contribution in [1.29, 1.82) is 0 Å². The van der Waals surface area contributed by atoms with Crippen LogP contribution in [-0.4, -0.2) is 80.1 Å². The van der Waals surface area contributed by atoms with Crippen molar-refractivity contribution in [2.75, 3.05) is 64.1 Å². The number of H-pyrrole nitrogens is 1. The van der Waals surface area contributed by atoms with E-state index in [0.717, 1.165) is 19.6 Å². The van der Waals surface area contributed by atoms with Crippen molar-refractivity contribution in [2.24, 2.45) is 0 Å². The van der Waals surface area contributed by atoms with Gasteiger partial charge in [0.05, 0.1) is 24.4 Å². The first-order valence-electron chi connectivity index (χ1n) is 11.4. The second-order valence-corrected chi connectivity index (χ2v) is 8.39. The number of halogens is 1. The Labute approximate surface area is 201 Å². The van der Waals surface area contributed by atoms with Gasteiger partial charge in [-0.15, -0.1) is 0 Å². The van der Waals surface area contributed by atoms with Crippen molar-refractivity contribution in [3.63, 3.8) is 0 Å². The average Bonchev–Trinajstić information content (AvgIpc) is 2.87. The standard InChI is InChI=1S/C25H28FN5O4/c1-27-21-15-18(26)13-17-14-20(24(33)29-22(17)21)23(32)28-19-5-3-16(4-6-19)25(34)30(2)7-8-31-9-11-35-12-10-31/h3-6,13-15,27H,7-12H2,1-2H3,(H,28,32)(H,29,33). The number of nitrogens with one attached hydrogen (secondary N) is 3. The van der Waals surface area contributed by atoms with Crippen LogP contribution in [0.2, 0.25) is 0 Å². The van der Waals surface area contributed by atoms with E-state index in [0.29, 0.717) is 47.6 Å². The van der Waals surface area contributed by atoms with Crippen LogP contribution in [0.25, 0.3) is 10.9 Å². The van der Waals surface area contributed by atoms with E-state index in [-0.39, 0.29) is 11.5 Å². The number of morpholine rings is 1. The largest absolute Gasteiger partial charge is 0.386 e. The van der Waals surface area contributed by atoms with E-state index < -0.39 is 17.3 Å². The van der Waals surface area contributed by atoms with Gasteiger partial charge in [0.2, 0.25) is 0 Å². The molecule has 1 aliphatic heterocycles. The number of rotatable bonds is 7. The predicted molar refractivity (Wildman–Crippen MR) is 133 cm³/mol. The number of fused-ring (bicyclic) bond motifs is 1. The lowest BCUT2D eigenvalue weighted by Gasteiger charge is -2.28. The number of nitrogens with zero attached hydrogens (tertiary/aromatic N) is 2. The summed E-state index contributed by atoms with van der Waals surface area (Å²) in [6, 6.07) is 10.3. The van der Waals surface area contributed by atoms with Gasteiger partial charge in [0.25, 0.3) is 17.4 Å². The van der Waals surface area contributed by atoms with Crippen LogP contribution >= 0.6 is 0 Å². The Morgan fingerprint density at radius 1 is 1.14 bits per heavy atom. The zero-order valence-corrected chi connectivity index (χ0v) is 19.7. The minimum absolute atomic E-state index is 0.121. The summed E-state index contributed by atoms with van der Waals surface area (Å²) in [5, 5.41) is 5.87. The molecule has 0 radical (unpaired) electrons. The number of pyridine rings is 1. The first-order valence-corrected chi connectivity index (χ1v) is 11.4. The van der Waals surface area contributed by atoms with Gasteiger partial charge in [-0.3, -0.25) is 19.3 Å². The molecule has 1 fully saturated rings. The molecule has 9 nitrogen and oxygen atoms in total. The normalized spacial score (nSPS) is 14.0. The molecule has 0 bridgehead atoms. The van der Waals surface area contributed by atoms with Crippen LogP contribution in [0.1, 0.15) is 20.7 Å². The molecule has 4 rings (SSSR count). The third-order valence-electron chi connectivity index (χ3n) is 6.02. The fourth-order valence-corrected chi connectivity index (χ4v) is 3.98. The molecule has 3 aromatic rings. The van der Waals surface area contributed by atoms with Crippen LogP contribution in [-0.2, 0) is 4.74 Å². The Morgan fingerprint density at radius 2 is 1.86 bits per heavy atom. The third kappa shape index (κ3) is 5.67. The van der Waals surface area contributed by atoms with E-state index >= 15 is 0 Å². The summed E-state index contributed by atoms with van der Waals surface area (Å²) in [7, 11) is 3.37. The molecule has 2 aromatic carbocycles. The second kappa shape index (κ2) is 10.7. The molecule has 0 saturated carbocycles. The average molecular weight is 482 g/mol. The quantitative estimate of drug-likeness (QED) is 0.478. The van der Waals surface area contributed by atoms with Gasteiger partial charge >= 0.3 is 0 Å². The molecule has 3 N–H and O–H groups in total. The highest BCUT2D eigenvalue weighted by molar-refractivity contribution is 6.06. The molecule has 0 spiro atoms. The Hall–Kier alpha value is -3.76. The summed E-state index contributed by atoms with van der Waals surface area (Å²) >= 11 is 0. The van der Waals surface area contributed by atoms with E-state index in [4.69, 9.17) is 4.74 Å². The fraction of sp³-hybridized carbons (Fsp3) is 0.320.